The number of hydrogen-bond donors (Lipinski definition) is 0. The van der Waals surface area contributed by atoms with Crippen molar-refractivity contribution in [2.24, 2.45) is 0 Å². The Labute approximate surface area is 95.4 Å². The van der Waals surface area contributed by atoms with E-state index in [9.17, 15) is 4.79 Å². The number of ether oxygens (including phenoxy) is 2. The molecular weight excluding hydrogens is 204 g/mol. The van der Waals surface area contributed by atoms with Crippen LogP contribution in [0.25, 0.3) is 0 Å². The van der Waals surface area contributed by atoms with Crippen LogP contribution in [0.2, 0.25) is 0 Å². The molecule has 0 spiro atoms. The van der Waals surface area contributed by atoms with Gasteiger partial charge in [0.25, 0.3) is 0 Å². The van der Waals surface area contributed by atoms with Gasteiger partial charge in [0.05, 0.1) is 19.8 Å². The Morgan fingerprint density at radius 1 is 1.44 bits per heavy atom. The van der Waals surface area contributed by atoms with E-state index in [1.807, 2.05) is 24.3 Å². The quantitative estimate of drug-likeness (QED) is 0.781. The smallest absolute Gasteiger partial charge is 0.135 e. The number of ketones is 1. The van der Waals surface area contributed by atoms with Crippen molar-refractivity contribution < 1.29 is 14.3 Å². The van der Waals surface area contributed by atoms with E-state index in [0.29, 0.717) is 25.2 Å². The molecule has 0 aliphatic heterocycles. The van der Waals surface area contributed by atoms with Gasteiger partial charge in [-0.3, -0.25) is 4.79 Å². The number of rotatable bonds is 4. The summed E-state index contributed by atoms with van der Waals surface area (Å²) in [4.78, 5) is 11.1. The number of carbonyl (C=O) groups excluding carboxylic acids is 1. The molecule has 2 rings (SSSR count). The molecule has 1 aliphatic carbocycles. The molecule has 3 nitrogen and oxygen atoms in total. The van der Waals surface area contributed by atoms with E-state index in [4.69, 9.17) is 9.47 Å². The maximum absolute atomic E-state index is 11.1. The minimum Gasteiger partial charge on any atom is -0.497 e. The van der Waals surface area contributed by atoms with Crippen LogP contribution in [-0.2, 0) is 16.1 Å². The normalized spacial score (nSPS) is 20.1. The van der Waals surface area contributed by atoms with Crippen molar-refractivity contribution in [2.75, 3.05) is 7.11 Å². The molecule has 1 fully saturated rings. The molecule has 0 N–H and O–H groups in total. The zero-order valence-electron chi connectivity index (χ0n) is 9.44. The summed E-state index contributed by atoms with van der Waals surface area (Å²) >= 11 is 0. The van der Waals surface area contributed by atoms with Crippen LogP contribution in [0.4, 0.5) is 0 Å². The SMILES string of the molecule is COc1cccc(COC2CCC(=O)C2)c1. The molecule has 1 atom stereocenters. The van der Waals surface area contributed by atoms with Gasteiger partial charge in [-0.1, -0.05) is 12.1 Å². The maximum atomic E-state index is 11.1. The van der Waals surface area contributed by atoms with Gasteiger partial charge >= 0.3 is 0 Å². The van der Waals surface area contributed by atoms with Gasteiger partial charge in [-0.25, -0.2) is 0 Å². The Bertz CT molecular complexity index is 373. The molecule has 0 radical (unpaired) electrons. The van der Waals surface area contributed by atoms with Crippen LogP contribution in [0, 0.1) is 0 Å². The van der Waals surface area contributed by atoms with E-state index >= 15 is 0 Å². The van der Waals surface area contributed by atoms with Crippen molar-refractivity contribution in [3.63, 3.8) is 0 Å². The molecule has 1 aliphatic rings. The van der Waals surface area contributed by atoms with Crippen LogP contribution in [0.15, 0.2) is 24.3 Å². The van der Waals surface area contributed by atoms with Crippen LogP contribution < -0.4 is 4.74 Å². The fourth-order valence-corrected chi connectivity index (χ4v) is 1.90. The molecule has 0 amide bonds. The average Bonchev–Trinajstić information content (AvgIpc) is 2.73. The summed E-state index contributed by atoms with van der Waals surface area (Å²) in [7, 11) is 1.65. The highest BCUT2D eigenvalue weighted by atomic mass is 16.5. The van der Waals surface area contributed by atoms with Crippen molar-refractivity contribution in [1.82, 2.24) is 0 Å². The predicted octanol–water partition coefficient (Wildman–Crippen LogP) is 2.33. The molecule has 1 aromatic rings. The summed E-state index contributed by atoms with van der Waals surface area (Å²) < 4.78 is 10.8. The summed E-state index contributed by atoms with van der Waals surface area (Å²) in [6.07, 6.45) is 2.22. The van der Waals surface area contributed by atoms with Crippen LogP contribution in [0.3, 0.4) is 0 Å². The first-order valence-corrected chi connectivity index (χ1v) is 5.54. The van der Waals surface area contributed by atoms with Crippen LogP contribution in [0.5, 0.6) is 5.75 Å². The lowest BCUT2D eigenvalue weighted by molar-refractivity contribution is -0.118. The lowest BCUT2D eigenvalue weighted by atomic mass is 10.2. The standard InChI is InChI=1S/C13H16O3/c1-15-12-4-2-3-10(7-12)9-16-13-6-5-11(14)8-13/h2-4,7,13H,5-6,8-9H2,1H3. The van der Waals surface area contributed by atoms with Crippen molar-refractivity contribution >= 4 is 5.78 Å². The first kappa shape index (κ1) is 11.1. The first-order valence-electron chi connectivity index (χ1n) is 5.54. The van der Waals surface area contributed by atoms with Crippen LogP contribution in [-0.4, -0.2) is 19.0 Å². The Hall–Kier alpha value is -1.35. The number of methoxy groups -OCH3 is 1. The summed E-state index contributed by atoms with van der Waals surface area (Å²) in [6, 6.07) is 7.80. The Morgan fingerprint density at radius 3 is 3.00 bits per heavy atom. The van der Waals surface area contributed by atoms with Crippen molar-refractivity contribution in [2.45, 2.75) is 32.0 Å². The van der Waals surface area contributed by atoms with E-state index in [1.54, 1.807) is 7.11 Å². The second-order valence-electron chi connectivity index (χ2n) is 4.07. The molecule has 1 saturated carbocycles. The zero-order chi connectivity index (χ0) is 11.4. The Balaban J connectivity index is 1.87. The van der Waals surface area contributed by atoms with Gasteiger partial charge in [-0.2, -0.15) is 0 Å². The van der Waals surface area contributed by atoms with Gasteiger partial charge in [0.1, 0.15) is 11.5 Å². The third-order valence-corrected chi connectivity index (χ3v) is 2.82. The highest BCUT2D eigenvalue weighted by Gasteiger charge is 2.22. The van der Waals surface area contributed by atoms with Crippen molar-refractivity contribution in [1.29, 1.82) is 0 Å². The number of benzene rings is 1. The van der Waals surface area contributed by atoms with Crippen molar-refractivity contribution in [3.05, 3.63) is 29.8 Å². The molecule has 3 heteroatoms. The lowest BCUT2D eigenvalue weighted by Gasteiger charge is -2.10. The fraction of sp³-hybridized carbons (Fsp3) is 0.462. The van der Waals surface area contributed by atoms with Gasteiger partial charge in [0.15, 0.2) is 0 Å². The molecule has 0 heterocycles. The summed E-state index contributed by atoms with van der Waals surface area (Å²) in [5, 5.41) is 0. The third kappa shape index (κ3) is 2.83. The molecular formula is C13H16O3. The van der Waals surface area contributed by atoms with E-state index in [-0.39, 0.29) is 6.10 Å². The van der Waals surface area contributed by atoms with Crippen LogP contribution in [0.1, 0.15) is 24.8 Å². The van der Waals surface area contributed by atoms with Gasteiger partial charge in [0, 0.05) is 12.8 Å². The van der Waals surface area contributed by atoms with Crippen LogP contribution >= 0.6 is 0 Å². The predicted molar refractivity (Wildman–Crippen MR) is 60.4 cm³/mol. The Kier molecular flexibility index (Phi) is 3.57. The molecule has 0 bridgehead atoms. The monoisotopic (exact) mass is 220 g/mol. The van der Waals surface area contributed by atoms with Gasteiger partial charge in [0.2, 0.25) is 0 Å². The molecule has 86 valence electrons. The van der Waals surface area contributed by atoms with Gasteiger partial charge in [-0.05, 0) is 24.1 Å². The molecule has 0 saturated heterocycles. The number of carbonyl (C=O) groups is 1. The topological polar surface area (TPSA) is 35.5 Å². The van der Waals surface area contributed by atoms with Gasteiger partial charge in [-0.15, -0.1) is 0 Å². The third-order valence-electron chi connectivity index (χ3n) is 2.82. The first-order chi connectivity index (χ1) is 7.78. The fourth-order valence-electron chi connectivity index (χ4n) is 1.90. The summed E-state index contributed by atoms with van der Waals surface area (Å²) in [5.41, 5.74) is 1.08. The highest BCUT2D eigenvalue weighted by molar-refractivity contribution is 5.81. The number of Topliss-reactive ketones (excluding diaryl/α,β-unsaturated/α-hetero) is 1. The second kappa shape index (κ2) is 5.12. The van der Waals surface area contributed by atoms with E-state index in [0.717, 1.165) is 17.7 Å². The molecule has 0 aromatic heterocycles. The minimum absolute atomic E-state index is 0.110. The van der Waals surface area contributed by atoms with Crippen molar-refractivity contribution in [3.8, 4) is 5.75 Å². The number of hydrogen-bond acceptors (Lipinski definition) is 3. The summed E-state index contributed by atoms with van der Waals surface area (Å²) in [6.45, 7) is 0.551. The van der Waals surface area contributed by atoms with E-state index in [2.05, 4.69) is 0 Å². The lowest BCUT2D eigenvalue weighted by Crippen LogP contribution is -2.08. The molecule has 1 aromatic carbocycles. The maximum Gasteiger partial charge on any atom is 0.135 e. The van der Waals surface area contributed by atoms with E-state index < -0.39 is 0 Å². The average molecular weight is 220 g/mol. The minimum atomic E-state index is 0.110. The summed E-state index contributed by atoms with van der Waals surface area (Å²) in [5.74, 6) is 1.15. The van der Waals surface area contributed by atoms with Gasteiger partial charge < -0.3 is 9.47 Å². The highest BCUT2D eigenvalue weighted by Crippen LogP contribution is 2.20. The zero-order valence-corrected chi connectivity index (χ0v) is 9.44. The molecule has 16 heavy (non-hydrogen) atoms. The Morgan fingerprint density at radius 2 is 2.31 bits per heavy atom. The van der Waals surface area contributed by atoms with E-state index in [1.165, 1.54) is 0 Å². The molecule has 1 unspecified atom stereocenters. The second-order valence-corrected chi connectivity index (χ2v) is 4.07. The largest absolute Gasteiger partial charge is 0.497 e.